The summed E-state index contributed by atoms with van der Waals surface area (Å²) in [6, 6.07) is -0.274. The maximum atomic E-state index is 13.1. The molecule has 2 amide bonds. The fraction of sp³-hybridized carbons (Fsp3) is 0.722. The van der Waals surface area contributed by atoms with Gasteiger partial charge in [-0.25, -0.2) is 0 Å². The molecule has 0 aliphatic carbocycles. The first-order chi connectivity index (χ1) is 11.4. The number of nitrogens with zero attached hydrogens (tertiary/aromatic N) is 4. The average Bonchev–Trinajstić information content (AvgIpc) is 3.11. The lowest BCUT2D eigenvalue weighted by Crippen LogP contribution is -2.50. The Hall–Kier alpha value is -1.85. The lowest BCUT2D eigenvalue weighted by atomic mass is 10.0. The number of carbonyl (C=O) groups is 2. The molecule has 0 saturated carbocycles. The summed E-state index contributed by atoms with van der Waals surface area (Å²) < 4.78 is 1.89. The summed E-state index contributed by atoms with van der Waals surface area (Å²) in [5.74, 6) is 0.196. The third-order valence-corrected chi connectivity index (χ3v) is 5.62. The number of hydrogen-bond donors (Lipinski definition) is 0. The van der Waals surface area contributed by atoms with Gasteiger partial charge in [-0.3, -0.25) is 14.3 Å². The molecule has 6 nitrogen and oxygen atoms in total. The van der Waals surface area contributed by atoms with Crippen molar-refractivity contribution >= 4 is 11.8 Å². The molecule has 132 valence electrons. The minimum atomic E-state index is -0.365. The first-order valence-electron chi connectivity index (χ1n) is 9.02. The Kier molecular flexibility index (Phi) is 4.65. The summed E-state index contributed by atoms with van der Waals surface area (Å²) in [6.45, 7) is 7.43. The Bertz CT molecular complexity index is 652. The predicted molar refractivity (Wildman–Crippen MR) is 91.4 cm³/mol. The fourth-order valence-electron chi connectivity index (χ4n) is 4.21. The standard InChI is InChI=1S/C18H28N4O2/c1-12-17(13(2)20(4)19-12)15-8-7-11-22(15)18(24)14(3)21-10-6-5-9-16(21)23/h14-15H,5-11H2,1-4H3. The highest BCUT2D eigenvalue weighted by molar-refractivity contribution is 5.88. The first-order valence-corrected chi connectivity index (χ1v) is 9.02. The number of amides is 2. The van der Waals surface area contributed by atoms with Crippen LogP contribution in [0.3, 0.4) is 0 Å². The van der Waals surface area contributed by atoms with Crippen LogP contribution in [-0.4, -0.2) is 50.5 Å². The zero-order valence-electron chi connectivity index (χ0n) is 15.2. The van der Waals surface area contributed by atoms with Gasteiger partial charge in [0.2, 0.25) is 11.8 Å². The maximum Gasteiger partial charge on any atom is 0.245 e. The molecular formula is C18H28N4O2. The van der Waals surface area contributed by atoms with E-state index in [2.05, 4.69) is 12.0 Å². The molecular weight excluding hydrogens is 304 g/mol. The van der Waals surface area contributed by atoms with Gasteiger partial charge in [0.1, 0.15) is 6.04 Å². The molecule has 24 heavy (non-hydrogen) atoms. The van der Waals surface area contributed by atoms with Crippen molar-refractivity contribution in [1.82, 2.24) is 19.6 Å². The molecule has 1 aromatic rings. The second kappa shape index (κ2) is 6.57. The molecule has 3 rings (SSSR count). The van der Waals surface area contributed by atoms with E-state index >= 15 is 0 Å². The van der Waals surface area contributed by atoms with Gasteiger partial charge in [0.25, 0.3) is 0 Å². The second-order valence-corrected chi connectivity index (χ2v) is 7.12. The van der Waals surface area contributed by atoms with Crippen LogP contribution in [0.1, 0.15) is 62.0 Å². The molecule has 2 atom stereocenters. The fourth-order valence-corrected chi connectivity index (χ4v) is 4.21. The van der Waals surface area contributed by atoms with Crippen molar-refractivity contribution in [3.05, 3.63) is 17.0 Å². The summed E-state index contributed by atoms with van der Waals surface area (Å²) >= 11 is 0. The molecule has 3 heterocycles. The van der Waals surface area contributed by atoms with Gasteiger partial charge < -0.3 is 9.80 Å². The quantitative estimate of drug-likeness (QED) is 0.852. The third kappa shape index (κ3) is 2.82. The normalized spacial score (nSPS) is 23.0. The van der Waals surface area contributed by atoms with Crippen LogP contribution in [0.15, 0.2) is 0 Å². The number of aryl methyl sites for hydroxylation is 2. The van der Waals surface area contributed by atoms with Gasteiger partial charge in [0, 0.05) is 37.8 Å². The number of likely N-dealkylation sites (tertiary alicyclic amines) is 2. The van der Waals surface area contributed by atoms with Crippen molar-refractivity contribution < 1.29 is 9.59 Å². The van der Waals surface area contributed by atoms with E-state index in [0.717, 1.165) is 43.6 Å². The van der Waals surface area contributed by atoms with Crippen LogP contribution in [0.5, 0.6) is 0 Å². The molecule has 6 heteroatoms. The molecule has 2 aliphatic rings. The van der Waals surface area contributed by atoms with Crippen LogP contribution in [0.4, 0.5) is 0 Å². The predicted octanol–water partition coefficient (Wildman–Crippen LogP) is 2.10. The van der Waals surface area contributed by atoms with Gasteiger partial charge in [0.05, 0.1) is 11.7 Å². The van der Waals surface area contributed by atoms with Crippen LogP contribution in [0.2, 0.25) is 0 Å². The Labute approximate surface area is 143 Å². The van der Waals surface area contributed by atoms with Crippen molar-refractivity contribution in [1.29, 1.82) is 0 Å². The van der Waals surface area contributed by atoms with Crippen LogP contribution in [0.25, 0.3) is 0 Å². The molecule has 0 radical (unpaired) electrons. The van der Waals surface area contributed by atoms with Gasteiger partial charge in [-0.1, -0.05) is 0 Å². The third-order valence-electron chi connectivity index (χ3n) is 5.62. The van der Waals surface area contributed by atoms with E-state index in [1.807, 2.05) is 30.5 Å². The Balaban J connectivity index is 1.82. The molecule has 2 fully saturated rings. The Morgan fingerprint density at radius 1 is 1.21 bits per heavy atom. The van der Waals surface area contributed by atoms with Gasteiger partial charge >= 0.3 is 0 Å². The van der Waals surface area contributed by atoms with Crippen LogP contribution < -0.4 is 0 Å². The maximum absolute atomic E-state index is 13.1. The summed E-state index contributed by atoms with van der Waals surface area (Å²) in [7, 11) is 1.95. The van der Waals surface area contributed by atoms with Gasteiger partial charge in [-0.15, -0.1) is 0 Å². The van der Waals surface area contributed by atoms with Crippen LogP contribution >= 0.6 is 0 Å². The number of aromatic nitrogens is 2. The van der Waals surface area contributed by atoms with Crippen molar-refractivity contribution in [2.24, 2.45) is 7.05 Å². The summed E-state index contributed by atoms with van der Waals surface area (Å²) in [5.41, 5.74) is 3.31. The van der Waals surface area contributed by atoms with Gasteiger partial charge in [-0.05, 0) is 46.5 Å². The van der Waals surface area contributed by atoms with Crippen molar-refractivity contribution in [3.63, 3.8) is 0 Å². The summed E-state index contributed by atoms with van der Waals surface area (Å²) in [6.07, 6.45) is 4.48. The first kappa shape index (κ1) is 17.0. The SMILES string of the molecule is Cc1nn(C)c(C)c1C1CCCN1C(=O)C(C)N1CCCCC1=O. The highest BCUT2D eigenvalue weighted by atomic mass is 16.2. The average molecular weight is 332 g/mol. The van der Waals surface area contributed by atoms with Gasteiger partial charge in [0.15, 0.2) is 0 Å². The van der Waals surface area contributed by atoms with Crippen molar-refractivity contribution in [2.75, 3.05) is 13.1 Å². The van der Waals surface area contributed by atoms with Crippen LogP contribution in [0, 0.1) is 13.8 Å². The zero-order chi connectivity index (χ0) is 17.4. The Morgan fingerprint density at radius 2 is 1.96 bits per heavy atom. The number of rotatable bonds is 3. The van der Waals surface area contributed by atoms with Crippen molar-refractivity contribution in [2.45, 2.75) is 65.0 Å². The molecule has 0 spiro atoms. The monoisotopic (exact) mass is 332 g/mol. The molecule has 0 N–H and O–H groups in total. The number of piperidine rings is 1. The van der Waals surface area contributed by atoms with E-state index in [4.69, 9.17) is 0 Å². The second-order valence-electron chi connectivity index (χ2n) is 7.12. The van der Waals surface area contributed by atoms with E-state index in [0.29, 0.717) is 13.0 Å². The van der Waals surface area contributed by atoms with E-state index in [1.165, 1.54) is 5.56 Å². The smallest absolute Gasteiger partial charge is 0.245 e. The summed E-state index contributed by atoms with van der Waals surface area (Å²) in [4.78, 5) is 29.0. The lowest BCUT2D eigenvalue weighted by Gasteiger charge is -2.35. The highest BCUT2D eigenvalue weighted by Crippen LogP contribution is 2.36. The van der Waals surface area contributed by atoms with E-state index in [1.54, 1.807) is 4.90 Å². The van der Waals surface area contributed by atoms with E-state index < -0.39 is 0 Å². The molecule has 2 aliphatic heterocycles. The molecule has 2 saturated heterocycles. The molecule has 0 bridgehead atoms. The van der Waals surface area contributed by atoms with E-state index in [9.17, 15) is 9.59 Å². The number of hydrogen-bond acceptors (Lipinski definition) is 3. The molecule has 1 aromatic heterocycles. The topological polar surface area (TPSA) is 58.4 Å². The Morgan fingerprint density at radius 3 is 2.58 bits per heavy atom. The molecule has 2 unspecified atom stereocenters. The largest absolute Gasteiger partial charge is 0.334 e. The highest BCUT2D eigenvalue weighted by Gasteiger charge is 2.38. The number of carbonyl (C=O) groups excluding carboxylic acids is 2. The van der Waals surface area contributed by atoms with Crippen molar-refractivity contribution in [3.8, 4) is 0 Å². The molecule has 0 aromatic carbocycles. The van der Waals surface area contributed by atoms with Crippen LogP contribution in [-0.2, 0) is 16.6 Å². The zero-order valence-corrected chi connectivity index (χ0v) is 15.2. The van der Waals surface area contributed by atoms with E-state index in [-0.39, 0.29) is 23.9 Å². The summed E-state index contributed by atoms with van der Waals surface area (Å²) in [5, 5.41) is 4.51. The minimum Gasteiger partial charge on any atom is -0.334 e. The lowest BCUT2D eigenvalue weighted by molar-refractivity contribution is -0.147. The van der Waals surface area contributed by atoms with Gasteiger partial charge in [-0.2, -0.15) is 5.10 Å². The minimum absolute atomic E-state index is 0.0791.